The molecule has 258 valence electrons. The number of hydrogen-bond donors (Lipinski definition) is 1. The molecule has 0 aliphatic carbocycles. The van der Waals surface area contributed by atoms with Gasteiger partial charge >= 0.3 is 0 Å². The van der Waals surface area contributed by atoms with Crippen molar-refractivity contribution in [2.75, 3.05) is 10.8 Å². The lowest BCUT2D eigenvalue weighted by atomic mass is 10.0. The molecule has 0 aromatic heterocycles. The van der Waals surface area contributed by atoms with Gasteiger partial charge in [-0.05, 0) is 85.1 Å². The minimum Gasteiger partial charge on any atom is -0.457 e. The number of nitrogens with zero attached hydrogens (tertiary/aromatic N) is 2. The third-order valence-corrected chi connectivity index (χ3v) is 10.0. The number of sulfonamides is 1. The number of carbonyl (C=O) groups excluding carboxylic acids is 2. The van der Waals surface area contributed by atoms with Crippen LogP contribution in [-0.4, -0.2) is 43.8 Å². The molecule has 0 saturated heterocycles. The molecule has 0 saturated carbocycles. The van der Waals surface area contributed by atoms with Gasteiger partial charge in [0.15, 0.2) is 0 Å². The van der Waals surface area contributed by atoms with E-state index in [4.69, 9.17) is 4.74 Å². The van der Waals surface area contributed by atoms with E-state index in [1.165, 1.54) is 29.2 Å². The number of carbonyl (C=O) groups is 2. The summed E-state index contributed by atoms with van der Waals surface area (Å²) in [4.78, 5) is 30.0. The van der Waals surface area contributed by atoms with Gasteiger partial charge in [0.2, 0.25) is 11.8 Å². The van der Waals surface area contributed by atoms with Crippen LogP contribution in [0.25, 0.3) is 0 Å². The molecule has 0 aliphatic rings. The van der Waals surface area contributed by atoms with Gasteiger partial charge in [-0.1, -0.05) is 85.8 Å². The second kappa shape index (κ2) is 16.8. The highest BCUT2D eigenvalue weighted by Crippen LogP contribution is 2.29. The lowest BCUT2D eigenvalue weighted by Crippen LogP contribution is -2.54. The van der Waals surface area contributed by atoms with Gasteiger partial charge in [0, 0.05) is 19.0 Å². The molecule has 0 aliphatic heterocycles. The number of nitrogens with one attached hydrogen (secondary N) is 1. The number of rotatable bonds is 15. The highest BCUT2D eigenvalue weighted by atomic mass is 32.2. The summed E-state index contributed by atoms with van der Waals surface area (Å²) in [6.07, 6.45) is 0.843. The molecule has 10 heteroatoms. The van der Waals surface area contributed by atoms with Crippen molar-refractivity contribution in [2.45, 2.75) is 50.2 Å². The first-order valence-corrected chi connectivity index (χ1v) is 17.9. The summed E-state index contributed by atoms with van der Waals surface area (Å²) >= 11 is 0. The van der Waals surface area contributed by atoms with E-state index in [9.17, 15) is 22.4 Å². The van der Waals surface area contributed by atoms with E-state index >= 15 is 0 Å². The van der Waals surface area contributed by atoms with Crippen LogP contribution >= 0.6 is 0 Å². The molecule has 0 unspecified atom stereocenters. The second-order valence-corrected chi connectivity index (χ2v) is 13.8. The van der Waals surface area contributed by atoms with Crippen molar-refractivity contribution in [1.29, 1.82) is 0 Å². The third kappa shape index (κ3) is 9.35. The maximum atomic E-state index is 14.6. The summed E-state index contributed by atoms with van der Waals surface area (Å²) in [5.74, 6) is -0.342. The Kier molecular flexibility index (Phi) is 12.0. The van der Waals surface area contributed by atoms with Gasteiger partial charge < -0.3 is 15.0 Å². The van der Waals surface area contributed by atoms with Crippen molar-refractivity contribution < 1.29 is 27.1 Å². The first-order valence-electron chi connectivity index (χ1n) is 16.4. The molecule has 2 amide bonds. The topological polar surface area (TPSA) is 96.0 Å². The summed E-state index contributed by atoms with van der Waals surface area (Å²) in [5.41, 5.74) is 1.62. The SMILES string of the molecule is CC[C@@H](C)NC(=O)[C@H](Cc1ccccc1)N(Cc1ccc(F)cc1)C(=O)CN(c1ccc(Oc2ccccc2)cc1)S(=O)(=O)c1ccccc1. The zero-order chi connectivity index (χ0) is 35.5. The van der Waals surface area contributed by atoms with Crippen LogP contribution in [0.1, 0.15) is 31.4 Å². The van der Waals surface area contributed by atoms with E-state index < -0.39 is 34.3 Å². The number of halogens is 1. The van der Waals surface area contributed by atoms with Crippen LogP contribution in [0, 0.1) is 5.82 Å². The van der Waals surface area contributed by atoms with Gasteiger partial charge in [0.05, 0.1) is 10.6 Å². The largest absolute Gasteiger partial charge is 0.457 e. The predicted octanol–water partition coefficient (Wildman–Crippen LogP) is 7.37. The molecule has 5 aromatic carbocycles. The van der Waals surface area contributed by atoms with Crippen LogP contribution in [0.15, 0.2) is 144 Å². The van der Waals surface area contributed by atoms with Crippen LogP contribution in [0.3, 0.4) is 0 Å². The standard InChI is InChI=1S/C40H40FN3O5S/c1-3-30(2)42-40(46)38(27-31-13-7-4-8-14-31)43(28-32-19-21-33(41)22-20-32)39(45)29-44(50(47,48)37-17-11-6-12-18-37)34-23-25-36(26-24-34)49-35-15-9-5-10-16-35/h4-26,30,38H,3,27-29H2,1-2H3,(H,42,46)/t30-,38+/m1/s1. The summed E-state index contributed by atoms with van der Waals surface area (Å²) < 4.78 is 49.4. The molecule has 1 N–H and O–H groups in total. The minimum absolute atomic E-state index is 0.00199. The molecule has 2 atom stereocenters. The molecule has 50 heavy (non-hydrogen) atoms. The first-order chi connectivity index (χ1) is 24.1. The second-order valence-electron chi connectivity index (χ2n) is 11.9. The Morgan fingerprint density at radius 2 is 1.30 bits per heavy atom. The third-order valence-electron chi connectivity index (χ3n) is 8.25. The highest BCUT2D eigenvalue weighted by Gasteiger charge is 2.35. The van der Waals surface area contributed by atoms with Crippen molar-refractivity contribution in [3.8, 4) is 11.5 Å². The van der Waals surface area contributed by atoms with Gasteiger partial charge in [0.25, 0.3) is 10.0 Å². The molecule has 0 radical (unpaired) electrons. The zero-order valence-corrected chi connectivity index (χ0v) is 28.8. The van der Waals surface area contributed by atoms with Crippen LogP contribution in [-0.2, 0) is 32.6 Å². The summed E-state index contributed by atoms with van der Waals surface area (Å²) in [6, 6.07) is 37.2. The van der Waals surface area contributed by atoms with Crippen molar-refractivity contribution in [3.05, 3.63) is 156 Å². The smallest absolute Gasteiger partial charge is 0.264 e. The van der Waals surface area contributed by atoms with Crippen LogP contribution in [0.5, 0.6) is 11.5 Å². The van der Waals surface area contributed by atoms with Crippen LogP contribution in [0.2, 0.25) is 0 Å². The van der Waals surface area contributed by atoms with Crippen molar-refractivity contribution >= 4 is 27.5 Å². The van der Waals surface area contributed by atoms with Gasteiger partial charge in [-0.3, -0.25) is 13.9 Å². The molecule has 5 rings (SSSR count). The van der Waals surface area contributed by atoms with E-state index in [0.717, 1.165) is 9.87 Å². The maximum absolute atomic E-state index is 14.6. The van der Waals surface area contributed by atoms with Crippen LogP contribution in [0.4, 0.5) is 10.1 Å². The average molecular weight is 694 g/mol. The van der Waals surface area contributed by atoms with Crippen molar-refractivity contribution in [2.24, 2.45) is 0 Å². The number of benzene rings is 5. The zero-order valence-electron chi connectivity index (χ0n) is 28.0. The number of hydrogen-bond acceptors (Lipinski definition) is 5. The van der Waals surface area contributed by atoms with E-state index in [1.807, 2.05) is 62.4 Å². The molecule has 8 nitrogen and oxygen atoms in total. The fourth-order valence-electron chi connectivity index (χ4n) is 5.34. The number of anilines is 1. The lowest BCUT2D eigenvalue weighted by molar-refractivity contribution is -0.140. The maximum Gasteiger partial charge on any atom is 0.264 e. The molecule has 0 fully saturated rings. The first kappa shape index (κ1) is 35.8. The van der Waals surface area contributed by atoms with Gasteiger partial charge in [-0.25, -0.2) is 12.8 Å². The summed E-state index contributed by atoms with van der Waals surface area (Å²) in [6.45, 7) is 3.15. The van der Waals surface area contributed by atoms with E-state index in [0.29, 0.717) is 23.5 Å². The van der Waals surface area contributed by atoms with Gasteiger partial charge in [-0.15, -0.1) is 0 Å². The highest BCUT2D eigenvalue weighted by molar-refractivity contribution is 7.92. The Labute approximate surface area is 293 Å². The predicted molar refractivity (Wildman–Crippen MR) is 193 cm³/mol. The Hall–Kier alpha value is -5.48. The van der Waals surface area contributed by atoms with Crippen molar-refractivity contribution in [3.63, 3.8) is 0 Å². The Morgan fingerprint density at radius 3 is 1.90 bits per heavy atom. The summed E-state index contributed by atoms with van der Waals surface area (Å²) in [5, 5.41) is 3.01. The Bertz CT molecular complexity index is 1940. The molecular formula is C40H40FN3O5S. The van der Waals surface area contributed by atoms with E-state index in [-0.39, 0.29) is 35.5 Å². The summed E-state index contributed by atoms with van der Waals surface area (Å²) in [7, 11) is -4.27. The molecule has 0 spiro atoms. The van der Waals surface area contributed by atoms with E-state index in [1.54, 1.807) is 66.7 Å². The molecule has 0 bridgehead atoms. The number of para-hydroxylation sites is 1. The Balaban J connectivity index is 1.55. The lowest BCUT2D eigenvalue weighted by Gasteiger charge is -2.34. The van der Waals surface area contributed by atoms with Gasteiger partial charge in [-0.2, -0.15) is 0 Å². The quantitative estimate of drug-likeness (QED) is 0.124. The number of amides is 2. The normalized spacial score (nSPS) is 12.4. The molecule has 5 aromatic rings. The number of ether oxygens (including phenoxy) is 1. The Morgan fingerprint density at radius 1 is 0.740 bits per heavy atom. The molecule has 0 heterocycles. The monoisotopic (exact) mass is 693 g/mol. The van der Waals surface area contributed by atoms with E-state index in [2.05, 4.69) is 5.32 Å². The van der Waals surface area contributed by atoms with Crippen molar-refractivity contribution in [1.82, 2.24) is 10.2 Å². The fraction of sp³-hybridized carbons (Fsp3) is 0.200. The van der Waals surface area contributed by atoms with Gasteiger partial charge in [0.1, 0.15) is 29.9 Å². The van der Waals surface area contributed by atoms with Crippen LogP contribution < -0.4 is 14.4 Å². The molecular weight excluding hydrogens is 654 g/mol. The fourth-order valence-corrected chi connectivity index (χ4v) is 6.77. The minimum atomic E-state index is -4.27. The average Bonchev–Trinajstić information content (AvgIpc) is 3.14.